The second-order valence-electron chi connectivity index (χ2n) is 3.69. The van der Waals surface area contributed by atoms with E-state index >= 15 is 0 Å². The summed E-state index contributed by atoms with van der Waals surface area (Å²) >= 11 is 3.45. The molecule has 0 fully saturated rings. The summed E-state index contributed by atoms with van der Waals surface area (Å²) in [6.07, 6.45) is 0. The van der Waals surface area contributed by atoms with E-state index in [-0.39, 0.29) is 0 Å². The molecule has 0 unspecified atom stereocenters. The van der Waals surface area contributed by atoms with Gasteiger partial charge >= 0.3 is 0 Å². The highest BCUT2D eigenvalue weighted by Crippen LogP contribution is 2.13. The van der Waals surface area contributed by atoms with Crippen LogP contribution in [-0.4, -0.2) is 5.71 Å². The number of hydrogen-bond donors (Lipinski definition) is 1. The fraction of sp³-hybridized carbons (Fsp3) is 0.0714. The third kappa shape index (κ3) is 3.43. The zero-order chi connectivity index (χ0) is 12.1. The molecule has 3 heteroatoms. The van der Waals surface area contributed by atoms with Crippen LogP contribution in [0.1, 0.15) is 12.5 Å². The lowest BCUT2D eigenvalue weighted by Crippen LogP contribution is -1.99. The molecule has 0 saturated carbocycles. The smallest absolute Gasteiger partial charge is 0.0648 e. The van der Waals surface area contributed by atoms with E-state index in [2.05, 4.69) is 26.5 Å². The first-order valence-electron chi connectivity index (χ1n) is 5.37. The van der Waals surface area contributed by atoms with Crippen LogP contribution in [0.25, 0.3) is 0 Å². The van der Waals surface area contributed by atoms with Crippen molar-refractivity contribution in [2.24, 2.45) is 5.10 Å². The number of hydrogen-bond acceptors (Lipinski definition) is 2. The first kappa shape index (κ1) is 11.9. The molecular weight excluding hydrogens is 276 g/mol. The maximum atomic E-state index is 4.35. The highest BCUT2D eigenvalue weighted by molar-refractivity contribution is 9.10. The van der Waals surface area contributed by atoms with E-state index in [1.54, 1.807) is 0 Å². The molecule has 0 aliphatic heterocycles. The van der Waals surface area contributed by atoms with Crippen LogP contribution < -0.4 is 5.43 Å². The van der Waals surface area contributed by atoms with Gasteiger partial charge in [0.25, 0.3) is 0 Å². The first-order chi connectivity index (χ1) is 8.25. The quantitative estimate of drug-likeness (QED) is 0.661. The molecule has 0 aromatic heterocycles. The molecular formula is C14H13BrN2. The first-order valence-corrected chi connectivity index (χ1v) is 6.16. The third-order valence-electron chi connectivity index (χ3n) is 2.37. The van der Waals surface area contributed by atoms with Crippen molar-refractivity contribution < 1.29 is 0 Å². The number of halogens is 1. The number of para-hydroxylation sites is 1. The summed E-state index contributed by atoms with van der Waals surface area (Å²) in [4.78, 5) is 0. The molecule has 1 N–H and O–H groups in total. The Labute approximate surface area is 110 Å². The monoisotopic (exact) mass is 288 g/mol. The van der Waals surface area contributed by atoms with Crippen LogP contribution >= 0.6 is 15.9 Å². The van der Waals surface area contributed by atoms with Crippen molar-refractivity contribution in [1.82, 2.24) is 0 Å². The molecule has 2 rings (SSSR count). The Morgan fingerprint density at radius 2 is 1.82 bits per heavy atom. The summed E-state index contributed by atoms with van der Waals surface area (Å²) in [6.45, 7) is 1.98. The molecule has 2 nitrogen and oxygen atoms in total. The summed E-state index contributed by atoms with van der Waals surface area (Å²) in [5, 5.41) is 4.35. The van der Waals surface area contributed by atoms with E-state index in [0.29, 0.717) is 0 Å². The van der Waals surface area contributed by atoms with Crippen molar-refractivity contribution in [3.63, 3.8) is 0 Å². The molecule has 0 saturated heterocycles. The molecule has 0 bridgehead atoms. The highest BCUT2D eigenvalue weighted by atomic mass is 79.9. The summed E-state index contributed by atoms with van der Waals surface area (Å²) in [5.74, 6) is 0. The lowest BCUT2D eigenvalue weighted by atomic mass is 10.1. The van der Waals surface area contributed by atoms with Crippen LogP contribution in [0.5, 0.6) is 0 Å². The van der Waals surface area contributed by atoms with Gasteiger partial charge in [-0.05, 0) is 36.8 Å². The van der Waals surface area contributed by atoms with Gasteiger partial charge in [0.05, 0.1) is 11.4 Å². The van der Waals surface area contributed by atoms with Gasteiger partial charge in [0.1, 0.15) is 0 Å². The average molecular weight is 289 g/mol. The largest absolute Gasteiger partial charge is 0.278 e. The molecule has 2 aromatic rings. The van der Waals surface area contributed by atoms with Crippen LogP contribution in [0.2, 0.25) is 0 Å². The number of nitrogens with one attached hydrogen (secondary N) is 1. The standard InChI is InChI=1S/C14H13BrN2/c1-11(12-6-5-7-13(15)10-12)16-17-14-8-3-2-4-9-14/h2-10,17H,1H3/b16-11+. The molecule has 0 heterocycles. The summed E-state index contributed by atoms with van der Waals surface area (Å²) < 4.78 is 1.06. The number of hydrazone groups is 1. The zero-order valence-corrected chi connectivity index (χ0v) is 11.1. The Bertz CT molecular complexity index is 521. The minimum atomic E-state index is 0.954. The Kier molecular flexibility index (Phi) is 3.94. The third-order valence-corrected chi connectivity index (χ3v) is 2.86. The van der Waals surface area contributed by atoms with Crippen molar-refractivity contribution in [1.29, 1.82) is 0 Å². The Morgan fingerprint density at radius 1 is 1.06 bits per heavy atom. The SMILES string of the molecule is C/C(=N\Nc1ccccc1)c1cccc(Br)c1. The molecule has 2 aromatic carbocycles. The molecule has 0 aliphatic carbocycles. The van der Waals surface area contributed by atoms with E-state index in [0.717, 1.165) is 21.4 Å². The topological polar surface area (TPSA) is 24.4 Å². The second-order valence-corrected chi connectivity index (χ2v) is 4.60. The van der Waals surface area contributed by atoms with Crippen molar-refractivity contribution in [2.45, 2.75) is 6.92 Å². The molecule has 86 valence electrons. The number of anilines is 1. The maximum Gasteiger partial charge on any atom is 0.0648 e. The van der Waals surface area contributed by atoms with Gasteiger partial charge in [-0.3, -0.25) is 5.43 Å². The Morgan fingerprint density at radius 3 is 2.53 bits per heavy atom. The normalized spacial score (nSPS) is 11.3. The summed E-state index contributed by atoms with van der Waals surface area (Å²) in [6, 6.07) is 18.0. The lowest BCUT2D eigenvalue weighted by molar-refractivity contribution is 1.32. The van der Waals surface area contributed by atoms with E-state index in [1.807, 2.05) is 61.5 Å². The molecule has 0 spiro atoms. The molecule has 0 radical (unpaired) electrons. The van der Waals surface area contributed by atoms with Gasteiger partial charge in [0.2, 0.25) is 0 Å². The molecule has 0 amide bonds. The minimum absolute atomic E-state index is 0.954. The van der Waals surface area contributed by atoms with E-state index in [4.69, 9.17) is 0 Å². The summed E-state index contributed by atoms with van der Waals surface area (Å²) in [7, 11) is 0. The maximum absolute atomic E-state index is 4.35. The molecule has 0 atom stereocenters. The average Bonchev–Trinajstić information content (AvgIpc) is 2.37. The van der Waals surface area contributed by atoms with Gasteiger partial charge in [-0.1, -0.05) is 46.3 Å². The van der Waals surface area contributed by atoms with Gasteiger partial charge in [-0.15, -0.1) is 0 Å². The number of rotatable bonds is 3. The van der Waals surface area contributed by atoms with Gasteiger partial charge in [0, 0.05) is 4.47 Å². The fourth-order valence-electron chi connectivity index (χ4n) is 1.44. The Balaban J connectivity index is 2.12. The van der Waals surface area contributed by atoms with Crippen molar-refractivity contribution in [2.75, 3.05) is 5.43 Å². The van der Waals surface area contributed by atoms with Crippen molar-refractivity contribution in [3.8, 4) is 0 Å². The van der Waals surface area contributed by atoms with E-state index < -0.39 is 0 Å². The van der Waals surface area contributed by atoms with Gasteiger partial charge in [-0.2, -0.15) is 5.10 Å². The van der Waals surface area contributed by atoms with Crippen LogP contribution in [-0.2, 0) is 0 Å². The van der Waals surface area contributed by atoms with Gasteiger partial charge < -0.3 is 0 Å². The van der Waals surface area contributed by atoms with Crippen LogP contribution in [0, 0.1) is 0 Å². The lowest BCUT2D eigenvalue weighted by Gasteiger charge is -2.03. The number of nitrogens with zero attached hydrogens (tertiary/aromatic N) is 1. The summed E-state index contributed by atoms with van der Waals surface area (Å²) in [5.41, 5.74) is 6.08. The second kappa shape index (κ2) is 5.64. The molecule has 0 aliphatic rings. The number of benzene rings is 2. The van der Waals surface area contributed by atoms with Crippen molar-refractivity contribution >= 4 is 27.3 Å². The van der Waals surface area contributed by atoms with Crippen molar-refractivity contribution in [3.05, 3.63) is 64.6 Å². The van der Waals surface area contributed by atoms with E-state index in [9.17, 15) is 0 Å². The van der Waals surface area contributed by atoms with Crippen LogP contribution in [0.15, 0.2) is 64.2 Å². The minimum Gasteiger partial charge on any atom is -0.278 e. The highest BCUT2D eigenvalue weighted by Gasteiger charge is 1.97. The van der Waals surface area contributed by atoms with Gasteiger partial charge in [-0.25, -0.2) is 0 Å². The van der Waals surface area contributed by atoms with Crippen LogP contribution in [0.4, 0.5) is 5.69 Å². The zero-order valence-electron chi connectivity index (χ0n) is 9.52. The van der Waals surface area contributed by atoms with E-state index in [1.165, 1.54) is 0 Å². The van der Waals surface area contributed by atoms with Crippen LogP contribution in [0.3, 0.4) is 0 Å². The van der Waals surface area contributed by atoms with Gasteiger partial charge in [0.15, 0.2) is 0 Å². The molecule has 17 heavy (non-hydrogen) atoms. The predicted octanol–water partition coefficient (Wildman–Crippen LogP) is 4.29. The predicted molar refractivity (Wildman–Crippen MR) is 76.4 cm³/mol. The fourth-order valence-corrected chi connectivity index (χ4v) is 1.84. The Hall–Kier alpha value is -1.61.